The number of hydrogen-bond donors (Lipinski definition) is 1. The molecule has 7 nitrogen and oxygen atoms in total. The predicted octanol–water partition coefficient (Wildman–Crippen LogP) is 0.985. The van der Waals surface area contributed by atoms with Gasteiger partial charge >= 0.3 is 0 Å². The predicted molar refractivity (Wildman–Crippen MR) is 110 cm³/mol. The largest absolute Gasteiger partial charge is 0.340 e. The Labute approximate surface area is 168 Å². The number of rotatable bonds is 9. The van der Waals surface area contributed by atoms with Crippen LogP contribution in [0.1, 0.15) is 25.7 Å². The Morgan fingerprint density at radius 1 is 1.00 bits per heavy atom. The lowest BCUT2D eigenvalue weighted by atomic mass is 10.3. The van der Waals surface area contributed by atoms with Gasteiger partial charge in [-0.1, -0.05) is 18.2 Å². The minimum Gasteiger partial charge on any atom is -0.340 e. The molecule has 0 radical (unpaired) electrons. The standard InChI is InChI=1S/C20H32N4O3S/c25-20(23-17-10-21-11-18-23)9-16-24(15-6-14-22-12-4-5-13-22)28(26,27)19-7-2-1-3-8-19/h1-3,7-8,21H,4-6,9-18H2. The Hall–Kier alpha value is -1.48. The van der Waals surface area contributed by atoms with Crippen molar-refractivity contribution in [3.05, 3.63) is 30.3 Å². The molecule has 8 heteroatoms. The molecule has 3 rings (SSSR count). The third-order valence-electron chi connectivity index (χ3n) is 5.51. The van der Waals surface area contributed by atoms with Crippen molar-refractivity contribution in [2.24, 2.45) is 0 Å². The molecule has 28 heavy (non-hydrogen) atoms. The topological polar surface area (TPSA) is 73.0 Å². The zero-order valence-corrected chi connectivity index (χ0v) is 17.4. The van der Waals surface area contributed by atoms with E-state index >= 15 is 0 Å². The highest BCUT2D eigenvalue weighted by atomic mass is 32.2. The number of sulfonamides is 1. The van der Waals surface area contributed by atoms with E-state index in [1.807, 2.05) is 11.0 Å². The summed E-state index contributed by atoms with van der Waals surface area (Å²) in [5.41, 5.74) is 0. The van der Waals surface area contributed by atoms with E-state index in [0.29, 0.717) is 24.5 Å². The number of carbonyl (C=O) groups excluding carboxylic acids is 1. The third-order valence-corrected chi connectivity index (χ3v) is 7.42. The lowest BCUT2D eigenvalue weighted by molar-refractivity contribution is -0.131. The van der Waals surface area contributed by atoms with Crippen molar-refractivity contribution in [2.75, 3.05) is 58.9 Å². The maximum atomic E-state index is 13.1. The average molecular weight is 409 g/mol. The van der Waals surface area contributed by atoms with Crippen molar-refractivity contribution < 1.29 is 13.2 Å². The van der Waals surface area contributed by atoms with Gasteiger partial charge in [0.15, 0.2) is 0 Å². The molecule has 2 saturated heterocycles. The second-order valence-corrected chi connectivity index (χ2v) is 9.44. The fourth-order valence-electron chi connectivity index (χ4n) is 3.86. The molecule has 0 unspecified atom stereocenters. The summed E-state index contributed by atoms with van der Waals surface area (Å²) >= 11 is 0. The number of nitrogens with one attached hydrogen (secondary N) is 1. The van der Waals surface area contributed by atoms with E-state index in [1.165, 1.54) is 17.1 Å². The molecule has 0 atom stereocenters. The second kappa shape index (κ2) is 10.3. The molecule has 2 aliphatic rings. The number of carbonyl (C=O) groups is 1. The van der Waals surface area contributed by atoms with Crippen LogP contribution in [0.25, 0.3) is 0 Å². The average Bonchev–Trinajstić information content (AvgIpc) is 3.25. The molecule has 0 saturated carbocycles. The number of nitrogens with zero attached hydrogens (tertiary/aromatic N) is 3. The summed E-state index contributed by atoms with van der Waals surface area (Å²) in [4.78, 5) is 17.0. The summed E-state index contributed by atoms with van der Waals surface area (Å²) in [5.74, 6) is 0.0364. The van der Waals surface area contributed by atoms with Crippen molar-refractivity contribution in [1.29, 1.82) is 0 Å². The van der Waals surface area contributed by atoms with Gasteiger partial charge in [0.1, 0.15) is 0 Å². The Kier molecular flexibility index (Phi) is 7.84. The summed E-state index contributed by atoms with van der Waals surface area (Å²) in [7, 11) is -3.59. The number of piperazine rings is 1. The van der Waals surface area contributed by atoms with E-state index < -0.39 is 10.0 Å². The van der Waals surface area contributed by atoms with Gasteiger partial charge in [-0.3, -0.25) is 4.79 Å². The van der Waals surface area contributed by atoms with Gasteiger partial charge in [0.2, 0.25) is 15.9 Å². The lowest BCUT2D eigenvalue weighted by Gasteiger charge is -2.29. The van der Waals surface area contributed by atoms with E-state index in [-0.39, 0.29) is 18.9 Å². The first kappa shape index (κ1) is 21.2. The molecule has 1 amide bonds. The molecule has 2 aliphatic heterocycles. The third kappa shape index (κ3) is 5.76. The molecular formula is C20H32N4O3S. The van der Waals surface area contributed by atoms with Crippen LogP contribution in [0.5, 0.6) is 0 Å². The molecule has 0 bridgehead atoms. The van der Waals surface area contributed by atoms with Crippen molar-refractivity contribution in [3.63, 3.8) is 0 Å². The van der Waals surface area contributed by atoms with Crippen molar-refractivity contribution in [3.8, 4) is 0 Å². The van der Waals surface area contributed by atoms with E-state index in [9.17, 15) is 13.2 Å². The van der Waals surface area contributed by atoms with Crippen LogP contribution in [-0.4, -0.2) is 87.3 Å². The molecule has 0 aromatic heterocycles. The fraction of sp³-hybridized carbons (Fsp3) is 0.650. The van der Waals surface area contributed by atoms with E-state index in [4.69, 9.17) is 0 Å². The van der Waals surface area contributed by atoms with E-state index in [2.05, 4.69) is 10.2 Å². The van der Waals surface area contributed by atoms with E-state index in [1.54, 1.807) is 24.3 Å². The zero-order valence-electron chi connectivity index (χ0n) is 16.6. The molecule has 0 aliphatic carbocycles. The lowest BCUT2D eigenvalue weighted by Crippen LogP contribution is -2.47. The first-order valence-electron chi connectivity index (χ1n) is 10.3. The number of amides is 1. The van der Waals surface area contributed by atoms with Gasteiger partial charge in [0.25, 0.3) is 0 Å². The van der Waals surface area contributed by atoms with Crippen LogP contribution < -0.4 is 5.32 Å². The molecule has 156 valence electrons. The quantitative estimate of drug-likeness (QED) is 0.660. The van der Waals surface area contributed by atoms with Crippen molar-refractivity contribution >= 4 is 15.9 Å². The molecule has 2 heterocycles. The summed E-state index contributed by atoms with van der Waals surface area (Å²) in [6.07, 6.45) is 3.47. The molecule has 1 aromatic carbocycles. The highest BCUT2D eigenvalue weighted by Gasteiger charge is 2.26. The first-order chi connectivity index (χ1) is 13.6. The Morgan fingerprint density at radius 2 is 1.68 bits per heavy atom. The van der Waals surface area contributed by atoms with Crippen molar-refractivity contribution in [2.45, 2.75) is 30.6 Å². The minimum atomic E-state index is -3.59. The summed E-state index contributed by atoms with van der Waals surface area (Å²) < 4.78 is 27.7. The van der Waals surface area contributed by atoms with Gasteiger partial charge in [0.05, 0.1) is 4.90 Å². The van der Waals surface area contributed by atoms with Crippen LogP contribution in [-0.2, 0) is 14.8 Å². The molecule has 2 fully saturated rings. The maximum absolute atomic E-state index is 13.1. The van der Waals surface area contributed by atoms with Gasteiger partial charge < -0.3 is 15.1 Å². The van der Waals surface area contributed by atoms with Crippen LogP contribution in [0.15, 0.2) is 35.2 Å². The SMILES string of the molecule is O=C(CCN(CCCN1CCCC1)S(=O)(=O)c1ccccc1)N1CCNCC1. The minimum absolute atomic E-state index is 0.0364. The van der Waals surface area contributed by atoms with Crippen LogP contribution in [0.4, 0.5) is 0 Å². The maximum Gasteiger partial charge on any atom is 0.243 e. The van der Waals surface area contributed by atoms with Crippen molar-refractivity contribution in [1.82, 2.24) is 19.4 Å². The Bertz CT molecular complexity index is 714. The van der Waals surface area contributed by atoms with Crippen LogP contribution >= 0.6 is 0 Å². The highest BCUT2D eigenvalue weighted by molar-refractivity contribution is 7.89. The van der Waals surface area contributed by atoms with Gasteiger partial charge in [-0.2, -0.15) is 4.31 Å². The summed E-state index contributed by atoms with van der Waals surface area (Å²) in [6.45, 7) is 6.79. The van der Waals surface area contributed by atoms with Gasteiger partial charge in [-0.05, 0) is 51.0 Å². The normalized spacial score (nSPS) is 18.7. The number of hydrogen-bond acceptors (Lipinski definition) is 5. The van der Waals surface area contributed by atoms with Gasteiger partial charge in [-0.25, -0.2) is 8.42 Å². The summed E-state index contributed by atoms with van der Waals surface area (Å²) in [5, 5.41) is 3.23. The van der Waals surface area contributed by atoms with Gasteiger partial charge in [-0.15, -0.1) is 0 Å². The van der Waals surface area contributed by atoms with Crippen LogP contribution in [0, 0.1) is 0 Å². The molecule has 1 aromatic rings. The smallest absolute Gasteiger partial charge is 0.243 e. The zero-order chi connectivity index (χ0) is 19.8. The highest BCUT2D eigenvalue weighted by Crippen LogP contribution is 2.17. The Balaban J connectivity index is 1.62. The van der Waals surface area contributed by atoms with Gasteiger partial charge in [0, 0.05) is 45.7 Å². The second-order valence-electron chi connectivity index (χ2n) is 7.50. The Morgan fingerprint density at radius 3 is 2.36 bits per heavy atom. The summed E-state index contributed by atoms with van der Waals surface area (Å²) in [6, 6.07) is 8.54. The van der Waals surface area contributed by atoms with E-state index in [0.717, 1.165) is 39.1 Å². The fourth-order valence-corrected chi connectivity index (χ4v) is 5.36. The number of likely N-dealkylation sites (tertiary alicyclic amines) is 1. The molecule has 1 N–H and O–H groups in total. The molecule has 0 spiro atoms. The molecular weight excluding hydrogens is 376 g/mol. The number of benzene rings is 1. The monoisotopic (exact) mass is 408 g/mol. The van der Waals surface area contributed by atoms with Crippen LogP contribution in [0.3, 0.4) is 0 Å². The van der Waals surface area contributed by atoms with Crippen LogP contribution in [0.2, 0.25) is 0 Å². The first-order valence-corrected chi connectivity index (χ1v) is 11.8.